The van der Waals surface area contributed by atoms with Crippen LogP contribution in [0.5, 0.6) is 0 Å². The molecule has 0 saturated carbocycles. The monoisotopic (exact) mass is 425 g/mol. The average molecular weight is 426 g/mol. The van der Waals surface area contributed by atoms with Gasteiger partial charge in [-0.15, -0.1) is 0 Å². The topological polar surface area (TPSA) is 49.1 Å². The molecule has 0 bridgehead atoms. The molecule has 2 aromatic rings. The summed E-state index contributed by atoms with van der Waals surface area (Å²) in [6, 6.07) is 20.7. The minimum atomic E-state index is -0.221. The third-order valence-electron chi connectivity index (χ3n) is 4.87. The normalized spacial score (nSPS) is 15.8. The Bertz CT molecular complexity index is 825. The number of rotatable bonds is 5. The Balaban J connectivity index is 1.62. The fourth-order valence-corrected chi connectivity index (χ4v) is 4.33. The minimum absolute atomic E-state index is 0.0431. The molecule has 0 aliphatic carbocycles. The number of thioether (sulfide) groups is 1. The lowest BCUT2D eigenvalue weighted by Gasteiger charge is -2.34. The van der Waals surface area contributed by atoms with Crippen LogP contribution in [-0.4, -0.2) is 53.4 Å². The van der Waals surface area contributed by atoms with Gasteiger partial charge in [-0.1, -0.05) is 60.3 Å². The first kappa shape index (κ1) is 22.4. The van der Waals surface area contributed by atoms with Gasteiger partial charge in [0.05, 0.1) is 37.6 Å². The van der Waals surface area contributed by atoms with Gasteiger partial charge in [0.15, 0.2) is 5.17 Å². The summed E-state index contributed by atoms with van der Waals surface area (Å²) in [7, 11) is 0. The zero-order valence-electron chi connectivity index (χ0n) is 18.2. The van der Waals surface area contributed by atoms with E-state index in [-0.39, 0.29) is 11.4 Å². The average Bonchev–Trinajstić information content (AvgIpc) is 2.72. The van der Waals surface area contributed by atoms with Gasteiger partial charge in [-0.05, 0) is 32.9 Å². The summed E-state index contributed by atoms with van der Waals surface area (Å²) in [5.41, 5.74) is 2.09. The van der Waals surface area contributed by atoms with E-state index < -0.39 is 0 Å². The van der Waals surface area contributed by atoms with Crippen molar-refractivity contribution in [2.45, 2.75) is 32.9 Å². The van der Waals surface area contributed by atoms with Crippen LogP contribution in [0.25, 0.3) is 0 Å². The summed E-state index contributed by atoms with van der Waals surface area (Å²) in [5, 5.41) is 3.97. The van der Waals surface area contributed by atoms with Crippen LogP contribution in [0.15, 0.2) is 65.7 Å². The number of carbonyl (C=O) groups is 1. The molecule has 1 saturated heterocycles. The lowest BCUT2D eigenvalue weighted by Crippen LogP contribution is -3.13. The Morgan fingerprint density at radius 3 is 2.23 bits per heavy atom. The smallest absolute Gasteiger partial charge is 0.230 e. The van der Waals surface area contributed by atoms with E-state index >= 15 is 0 Å². The number of benzene rings is 2. The second-order valence-electron chi connectivity index (χ2n) is 8.72. The van der Waals surface area contributed by atoms with E-state index in [0.717, 1.165) is 43.6 Å². The molecule has 30 heavy (non-hydrogen) atoms. The molecule has 3 rings (SSSR count). The lowest BCUT2D eigenvalue weighted by molar-refractivity contribution is -0.917. The van der Waals surface area contributed by atoms with Crippen LogP contribution in [-0.2, 0) is 11.3 Å². The molecule has 6 heteroatoms. The van der Waals surface area contributed by atoms with Crippen molar-refractivity contribution in [2.24, 2.45) is 4.99 Å². The van der Waals surface area contributed by atoms with E-state index in [1.54, 1.807) is 4.90 Å². The van der Waals surface area contributed by atoms with Crippen molar-refractivity contribution in [2.75, 3.05) is 31.9 Å². The standard InChI is InChI=1S/C24H32N4OS/c1-24(2,3)26-22(29)19-30-23(25-21-12-8-5-9-13-21)28-16-14-27(15-17-28)18-20-10-6-4-7-11-20/h4-13H,14-19H2,1-3H3,(H,26,29)/p+1. The number of quaternary nitrogens is 1. The number of para-hydroxylation sites is 1. The second-order valence-corrected chi connectivity index (χ2v) is 9.66. The highest BCUT2D eigenvalue weighted by molar-refractivity contribution is 8.14. The predicted molar refractivity (Wildman–Crippen MR) is 126 cm³/mol. The van der Waals surface area contributed by atoms with Crippen molar-refractivity contribution in [3.63, 3.8) is 0 Å². The molecule has 0 radical (unpaired) electrons. The first-order chi connectivity index (χ1) is 14.4. The molecule has 1 aliphatic rings. The first-order valence-electron chi connectivity index (χ1n) is 10.6. The summed E-state index contributed by atoms with van der Waals surface area (Å²) >= 11 is 1.53. The maximum absolute atomic E-state index is 12.3. The van der Waals surface area contributed by atoms with Crippen molar-refractivity contribution < 1.29 is 9.69 Å². The molecule has 1 aliphatic heterocycles. The van der Waals surface area contributed by atoms with Crippen molar-refractivity contribution in [3.05, 3.63) is 66.2 Å². The summed E-state index contributed by atoms with van der Waals surface area (Å²) in [6.45, 7) is 11.1. The van der Waals surface area contributed by atoms with Crippen molar-refractivity contribution >= 4 is 28.5 Å². The molecule has 1 amide bonds. The minimum Gasteiger partial charge on any atom is -0.351 e. The van der Waals surface area contributed by atoms with Gasteiger partial charge in [0, 0.05) is 11.1 Å². The van der Waals surface area contributed by atoms with Crippen molar-refractivity contribution in [1.29, 1.82) is 0 Å². The highest BCUT2D eigenvalue weighted by Crippen LogP contribution is 2.18. The second kappa shape index (κ2) is 10.6. The number of amides is 1. The van der Waals surface area contributed by atoms with Crippen LogP contribution in [0, 0.1) is 0 Å². The SMILES string of the molecule is CC(C)(C)NC(=O)CSC(=Nc1ccccc1)N1CC[NH+](Cc2ccccc2)CC1. The van der Waals surface area contributed by atoms with Crippen LogP contribution >= 0.6 is 11.8 Å². The number of piperazine rings is 1. The van der Waals surface area contributed by atoms with E-state index in [2.05, 4.69) is 40.5 Å². The molecule has 0 spiro atoms. The maximum Gasteiger partial charge on any atom is 0.230 e. The molecular weight excluding hydrogens is 392 g/mol. The molecule has 1 fully saturated rings. The zero-order chi connectivity index (χ0) is 21.4. The molecule has 5 nitrogen and oxygen atoms in total. The van der Waals surface area contributed by atoms with E-state index in [4.69, 9.17) is 4.99 Å². The highest BCUT2D eigenvalue weighted by atomic mass is 32.2. The molecule has 0 unspecified atom stereocenters. The van der Waals surface area contributed by atoms with Gasteiger partial charge < -0.3 is 15.1 Å². The van der Waals surface area contributed by atoms with Gasteiger partial charge >= 0.3 is 0 Å². The van der Waals surface area contributed by atoms with E-state index in [9.17, 15) is 4.79 Å². The number of hydrogen-bond acceptors (Lipinski definition) is 3. The number of nitrogens with one attached hydrogen (secondary N) is 2. The summed E-state index contributed by atoms with van der Waals surface area (Å²) in [6.07, 6.45) is 0. The number of carbonyl (C=O) groups excluding carboxylic acids is 1. The Morgan fingerprint density at radius 2 is 1.63 bits per heavy atom. The van der Waals surface area contributed by atoms with E-state index in [0.29, 0.717) is 5.75 Å². The van der Waals surface area contributed by atoms with Crippen LogP contribution in [0.3, 0.4) is 0 Å². The Hall–Kier alpha value is -2.31. The maximum atomic E-state index is 12.3. The molecular formula is C24H33N4OS+. The molecule has 0 atom stereocenters. The van der Waals surface area contributed by atoms with Crippen LogP contribution in [0.1, 0.15) is 26.3 Å². The first-order valence-corrected chi connectivity index (χ1v) is 11.6. The van der Waals surface area contributed by atoms with Crippen LogP contribution in [0.4, 0.5) is 5.69 Å². The van der Waals surface area contributed by atoms with Gasteiger partial charge in [0.25, 0.3) is 0 Å². The van der Waals surface area contributed by atoms with E-state index in [1.807, 2.05) is 51.1 Å². The van der Waals surface area contributed by atoms with Gasteiger partial charge in [-0.2, -0.15) is 0 Å². The summed E-state index contributed by atoms with van der Waals surface area (Å²) in [5.74, 6) is 0.418. The fourth-order valence-electron chi connectivity index (χ4n) is 3.47. The molecule has 0 aromatic heterocycles. The van der Waals surface area contributed by atoms with Crippen LogP contribution in [0.2, 0.25) is 0 Å². The zero-order valence-corrected chi connectivity index (χ0v) is 19.0. The largest absolute Gasteiger partial charge is 0.351 e. The van der Waals surface area contributed by atoms with Gasteiger partial charge in [-0.25, -0.2) is 4.99 Å². The molecule has 160 valence electrons. The number of nitrogens with zero attached hydrogens (tertiary/aromatic N) is 2. The van der Waals surface area contributed by atoms with Gasteiger partial charge in [-0.3, -0.25) is 4.79 Å². The van der Waals surface area contributed by atoms with Gasteiger partial charge in [0.1, 0.15) is 6.54 Å². The van der Waals surface area contributed by atoms with Crippen LogP contribution < -0.4 is 10.2 Å². The quantitative estimate of drug-likeness (QED) is 0.572. The van der Waals surface area contributed by atoms with Gasteiger partial charge in [0.2, 0.25) is 5.91 Å². The van der Waals surface area contributed by atoms with Crippen molar-refractivity contribution in [3.8, 4) is 0 Å². The molecule has 1 heterocycles. The number of hydrogen-bond donors (Lipinski definition) is 2. The molecule has 2 aromatic carbocycles. The number of aliphatic imine (C=N–C) groups is 1. The van der Waals surface area contributed by atoms with E-state index in [1.165, 1.54) is 17.3 Å². The Morgan fingerprint density at radius 1 is 1.03 bits per heavy atom. The third-order valence-corrected chi connectivity index (χ3v) is 5.88. The summed E-state index contributed by atoms with van der Waals surface area (Å²) < 4.78 is 0. The third kappa shape index (κ3) is 7.50. The Labute approximate surface area is 184 Å². The lowest BCUT2D eigenvalue weighted by atomic mass is 10.1. The predicted octanol–water partition coefficient (Wildman–Crippen LogP) is 2.72. The Kier molecular flexibility index (Phi) is 7.94. The fraction of sp³-hybridized carbons (Fsp3) is 0.417. The molecule has 2 N–H and O–H groups in total. The van der Waals surface area contributed by atoms with Crippen molar-refractivity contribution in [1.82, 2.24) is 10.2 Å². The highest BCUT2D eigenvalue weighted by Gasteiger charge is 2.24. The number of amidine groups is 1. The summed E-state index contributed by atoms with van der Waals surface area (Å²) in [4.78, 5) is 21.1.